The molecule has 0 amide bonds. The number of hydrogen-bond donors (Lipinski definition) is 2. The van der Waals surface area contributed by atoms with Gasteiger partial charge in [0.05, 0.1) is 5.56 Å². The van der Waals surface area contributed by atoms with Crippen molar-refractivity contribution in [3.8, 4) is 0 Å². The topological polar surface area (TPSA) is 114 Å². The molecule has 0 spiro atoms. The normalized spacial score (nSPS) is 12.0. The molecule has 1 aromatic heterocycles. The molecule has 98 valence electrons. The van der Waals surface area contributed by atoms with Crippen LogP contribution in [0.1, 0.15) is 27.7 Å². The van der Waals surface area contributed by atoms with Crippen molar-refractivity contribution in [1.82, 2.24) is 10.1 Å². The number of nitrogens with zero attached hydrogens (tertiary/aromatic N) is 2. The van der Waals surface area contributed by atoms with E-state index in [0.717, 1.165) is 6.33 Å². The van der Waals surface area contributed by atoms with Crippen LogP contribution in [-0.4, -0.2) is 32.3 Å². The fourth-order valence-electron chi connectivity index (χ4n) is 1.68. The first-order valence-corrected chi connectivity index (χ1v) is 5.39. The summed E-state index contributed by atoms with van der Waals surface area (Å²) in [5, 5.41) is 21.4. The Labute approximate surface area is 107 Å². The van der Waals surface area contributed by atoms with E-state index in [-0.39, 0.29) is 17.9 Å². The maximum Gasteiger partial charge on any atom is 0.335 e. The average Bonchev–Trinajstić information content (AvgIpc) is 2.89. The van der Waals surface area contributed by atoms with E-state index in [2.05, 4.69) is 10.1 Å². The maximum atomic E-state index is 11.2. The first kappa shape index (κ1) is 12.7. The second kappa shape index (κ2) is 5.30. The molecular formula is C12H10N2O5. The van der Waals surface area contributed by atoms with Gasteiger partial charge < -0.3 is 14.7 Å². The van der Waals surface area contributed by atoms with E-state index in [9.17, 15) is 9.59 Å². The van der Waals surface area contributed by atoms with E-state index in [1.165, 1.54) is 12.1 Å². The van der Waals surface area contributed by atoms with Gasteiger partial charge in [-0.15, -0.1) is 0 Å². The van der Waals surface area contributed by atoms with E-state index in [1.54, 1.807) is 12.1 Å². The van der Waals surface area contributed by atoms with Crippen molar-refractivity contribution in [3.05, 3.63) is 47.6 Å². The summed E-state index contributed by atoms with van der Waals surface area (Å²) in [7, 11) is 0. The van der Waals surface area contributed by atoms with E-state index in [1.807, 2.05) is 0 Å². The Morgan fingerprint density at radius 2 is 2.11 bits per heavy atom. The van der Waals surface area contributed by atoms with Crippen LogP contribution in [0.4, 0.5) is 0 Å². The lowest BCUT2D eigenvalue weighted by molar-refractivity contribution is -0.139. The summed E-state index contributed by atoms with van der Waals surface area (Å²) in [4.78, 5) is 25.7. The minimum atomic E-state index is -1.11. The van der Waals surface area contributed by atoms with Crippen LogP contribution in [0.3, 0.4) is 0 Å². The number of benzene rings is 1. The number of aromatic nitrogens is 2. The summed E-state index contributed by atoms with van der Waals surface area (Å²) in [6, 6.07) is 6.08. The molecule has 0 radical (unpaired) electrons. The zero-order chi connectivity index (χ0) is 13.8. The first-order valence-electron chi connectivity index (χ1n) is 5.39. The molecule has 19 heavy (non-hydrogen) atoms. The van der Waals surface area contributed by atoms with Gasteiger partial charge in [-0.05, 0) is 24.1 Å². The Kier molecular flexibility index (Phi) is 3.56. The van der Waals surface area contributed by atoms with E-state index >= 15 is 0 Å². The molecule has 0 aliphatic rings. The van der Waals surface area contributed by atoms with Crippen LogP contribution in [0.15, 0.2) is 35.1 Å². The van der Waals surface area contributed by atoms with Crippen molar-refractivity contribution in [2.45, 2.75) is 12.3 Å². The summed E-state index contributed by atoms with van der Waals surface area (Å²) in [5.74, 6) is -3.17. The number of carboxylic acid groups (broad SMARTS) is 2. The van der Waals surface area contributed by atoms with Crippen LogP contribution in [0.5, 0.6) is 0 Å². The highest BCUT2D eigenvalue weighted by atomic mass is 16.5. The molecular weight excluding hydrogens is 252 g/mol. The number of carbonyl (C=O) groups is 2. The fourth-order valence-corrected chi connectivity index (χ4v) is 1.68. The Morgan fingerprint density at radius 1 is 1.32 bits per heavy atom. The first-order chi connectivity index (χ1) is 9.08. The van der Waals surface area contributed by atoms with Crippen molar-refractivity contribution >= 4 is 11.9 Å². The minimum absolute atomic E-state index is 0.00627. The summed E-state index contributed by atoms with van der Waals surface area (Å²) >= 11 is 0. The Bertz CT molecular complexity index is 594. The third-order valence-corrected chi connectivity index (χ3v) is 2.59. The molecule has 0 fully saturated rings. The third-order valence-electron chi connectivity index (χ3n) is 2.59. The quantitative estimate of drug-likeness (QED) is 0.831. The molecule has 0 bridgehead atoms. The standard InChI is InChI=1S/C12H10N2O5/c15-11(16)8-3-1-2-7(4-8)5-9(12(17)18)10-13-6-14-19-10/h1-4,6,9H,5H2,(H,15,16)(H,17,18). The van der Waals surface area contributed by atoms with Crippen LogP contribution < -0.4 is 0 Å². The molecule has 7 heteroatoms. The van der Waals surface area contributed by atoms with Crippen molar-refractivity contribution in [2.75, 3.05) is 0 Å². The average molecular weight is 262 g/mol. The molecule has 2 N–H and O–H groups in total. The second-order valence-electron chi connectivity index (χ2n) is 3.88. The van der Waals surface area contributed by atoms with Gasteiger partial charge >= 0.3 is 11.9 Å². The van der Waals surface area contributed by atoms with E-state index in [0.29, 0.717) is 5.56 Å². The summed E-state index contributed by atoms with van der Waals surface area (Å²) in [6.07, 6.45) is 1.21. The Morgan fingerprint density at radius 3 is 2.68 bits per heavy atom. The van der Waals surface area contributed by atoms with Gasteiger partial charge in [0.2, 0.25) is 5.89 Å². The second-order valence-corrected chi connectivity index (χ2v) is 3.88. The molecule has 0 aliphatic heterocycles. The largest absolute Gasteiger partial charge is 0.481 e. The minimum Gasteiger partial charge on any atom is -0.481 e. The molecule has 7 nitrogen and oxygen atoms in total. The molecule has 0 aliphatic carbocycles. The molecule has 2 aromatic rings. The van der Waals surface area contributed by atoms with Crippen LogP contribution in [0.2, 0.25) is 0 Å². The monoisotopic (exact) mass is 262 g/mol. The number of carboxylic acids is 2. The van der Waals surface area contributed by atoms with Crippen molar-refractivity contribution in [1.29, 1.82) is 0 Å². The van der Waals surface area contributed by atoms with Gasteiger partial charge in [-0.3, -0.25) is 4.79 Å². The molecule has 2 rings (SSSR count). The highest BCUT2D eigenvalue weighted by Gasteiger charge is 2.25. The van der Waals surface area contributed by atoms with E-state index < -0.39 is 17.9 Å². The Balaban J connectivity index is 2.25. The van der Waals surface area contributed by atoms with Gasteiger partial charge in [-0.2, -0.15) is 4.98 Å². The highest BCUT2D eigenvalue weighted by Crippen LogP contribution is 2.20. The Hall–Kier alpha value is -2.70. The lowest BCUT2D eigenvalue weighted by Crippen LogP contribution is -2.15. The van der Waals surface area contributed by atoms with E-state index in [4.69, 9.17) is 14.7 Å². The molecule has 1 unspecified atom stereocenters. The number of rotatable bonds is 5. The number of hydrogen-bond acceptors (Lipinski definition) is 5. The van der Waals surface area contributed by atoms with Crippen molar-refractivity contribution in [3.63, 3.8) is 0 Å². The van der Waals surface area contributed by atoms with Gasteiger partial charge in [0, 0.05) is 0 Å². The van der Waals surface area contributed by atoms with Gasteiger partial charge in [-0.25, -0.2) is 4.79 Å². The lowest BCUT2D eigenvalue weighted by atomic mass is 9.98. The molecule has 0 saturated heterocycles. The van der Waals surface area contributed by atoms with Crippen LogP contribution in [-0.2, 0) is 11.2 Å². The SMILES string of the molecule is O=C(O)c1cccc(CC(C(=O)O)c2ncno2)c1. The fraction of sp³-hybridized carbons (Fsp3) is 0.167. The lowest BCUT2D eigenvalue weighted by Gasteiger charge is -2.08. The predicted octanol–water partition coefficient (Wildman–Crippen LogP) is 1.18. The molecule has 0 saturated carbocycles. The summed E-state index contributed by atoms with van der Waals surface area (Å²) < 4.78 is 4.75. The van der Waals surface area contributed by atoms with Crippen LogP contribution in [0, 0.1) is 0 Å². The summed E-state index contributed by atoms with van der Waals surface area (Å²) in [6.45, 7) is 0. The van der Waals surface area contributed by atoms with Crippen LogP contribution >= 0.6 is 0 Å². The maximum absolute atomic E-state index is 11.2. The zero-order valence-electron chi connectivity index (χ0n) is 9.68. The molecule has 1 heterocycles. The van der Waals surface area contributed by atoms with Gasteiger partial charge in [0.1, 0.15) is 5.92 Å². The van der Waals surface area contributed by atoms with Crippen molar-refractivity contribution < 1.29 is 24.3 Å². The molecule has 1 atom stereocenters. The zero-order valence-corrected chi connectivity index (χ0v) is 9.68. The highest BCUT2D eigenvalue weighted by molar-refractivity contribution is 5.87. The van der Waals surface area contributed by atoms with Crippen molar-refractivity contribution in [2.24, 2.45) is 0 Å². The van der Waals surface area contributed by atoms with Gasteiger partial charge in [0.15, 0.2) is 6.33 Å². The summed E-state index contributed by atoms with van der Waals surface area (Å²) in [5.41, 5.74) is 0.678. The van der Waals surface area contributed by atoms with Crippen LogP contribution in [0.25, 0.3) is 0 Å². The van der Waals surface area contributed by atoms with Gasteiger partial charge in [0.25, 0.3) is 0 Å². The predicted molar refractivity (Wildman–Crippen MR) is 61.8 cm³/mol. The number of aromatic carboxylic acids is 1. The molecule has 1 aromatic carbocycles. The number of aliphatic carboxylic acids is 1. The third kappa shape index (κ3) is 2.95. The smallest absolute Gasteiger partial charge is 0.335 e. The van der Waals surface area contributed by atoms with Gasteiger partial charge in [-0.1, -0.05) is 17.3 Å².